The quantitative estimate of drug-likeness (QED) is 0.834. The predicted molar refractivity (Wildman–Crippen MR) is 93.7 cm³/mol. The minimum Gasteiger partial charge on any atom is -0.444 e. The predicted octanol–water partition coefficient (Wildman–Crippen LogP) is 2.89. The molecule has 5 heteroatoms. The van der Waals surface area contributed by atoms with E-state index in [1.54, 1.807) is 0 Å². The Bertz CT molecular complexity index is 384. The standard InChI is InChI=1S/C18H35N3O2/c1-13(2)21-11-9-14(10-12-21)19-15-7-6-8-16(15)20-17(22)23-18(3,4)5/h13-16,19H,6-12H2,1-5H3,(H,20,22). The molecule has 2 fully saturated rings. The van der Waals surface area contributed by atoms with Crippen LogP contribution < -0.4 is 10.6 Å². The molecule has 1 aliphatic carbocycles. The third kappa shape index (κ3) is 5.96. The van der Waals surface area contributed by atoms with Gasteiger partial charge in [-0.2, -0.15) is 0 Å². The second-order valence-corrected chi connectivity index (χ2v) is 8.36. The van der Waals surface area contributed by atoms with E-state index in [4.69, 9.17) is 4.74 Å². The van der Waals surface area contributed by atoms with Crippen molar-refractivity contribution in [1.29, 1.82) is 0 Å². The van der Waals surface area contributed by atoms with Gasteiger partial charge in [0.2, 0.25) is 0 Å². The number of ether oxygens (including phenoxy) is 1. The second-order valence-electron chi connectivity index (χ2n) is 8.36. The Labute approximate surface area is 141 Å². The van der Waals surface area contributed by atoms with Gasteiger partial charge in [-0.3, -0.25) is 0 Å². The summed E-state index contributed by atoms with van der Waals surface area (Å²) in [5.41, 5.74) is -0.435. The first kappa shape index (κ1) is 18.5. The number of piperidine rings is 1. The molecule has 1 heterocycles. The normalized spacial score (nSPS) is 27.4. The van der Waals surface area contributed by atoms with Crippen LogP contribution in [-0.4, -0.2) is 53.9 Å². The molecule has 1 amide bonds. The number of carbonyl (C=O) groups is 1. The molecule has 1 aliphatic heterocycles. The van der Waals surface area contributed by atoms with Crippen molar-refractivity contribution in [3.05, 3.63) is 0 Å². The maximum Gasteiger partial charge on any atom is 0.407 e. The van der Waals surface area contributed by atoms with Gasteiger partial charge in [-0.1, -0.05) is 0 Å². The molecule has 23 heavy (non-hydrogen) atoms. The minimum absolute atomic E-state index is 0.202. The molecule has 0 spiro atoms. The summed E-state index contributed by atoms with van der Waals surface area (Å²) in [5.74, 6) is 0. The van der Waals surface area contributed by atoms with Crippen LogP contribution in [0, 0.1) is 0 Å². The second kappa shape index (κ2) is 7.84. The third-order valence-electron chi connectivity index (χ3n) is 4.93. The van der Waals surface area contributed by atoms with E-state index in [0.29, 0.717) is 18.1 Å². The molecule has 2 aliphatic rings. The van der Waals surface area contributed by atoms with Crippen molar-refractivity contribution in [2.75, 3.05) is 13.1 Å². The number of hydrogen-bond acceptors (Lipinski definition) is 4. The highest BCUT2D eigenvalue weighted by atomic mass is 16.6. The van der Waals surface area contributed by atoms with E-state index in [-0.39, 0.29) is 12.1 Å². The number of rotatable bonds is 4. The molecule has 2 unspecified atom stereocenters. The highest BCUT2D eigenvalue weighted by molar-refractivity contribution is 5.68. The zero-order chi connectivity index (χ0) is 17.0. The fraction of sp³-hybridized carbons (Fsp3) is 0.944. The summed E-state index contributed by atoms with van der Waals surface area (Å²) in [6.45, 7) is 12.6. The largest absolute Gasteiger partial charge is 0.444 e. The Kier molecular flexibility index (Phi) is 6.32. The van der Waals surface area contributed by atoms with Crippen LogP contribution in [0.1, 0.15) is 66.7 Å². The van der Waals surface area contributed by atoms with E-state index < -0.39 is 5.60 Å². The SMILES string of the molecule is CC(C)N1CCC(NC2CCCC2NC(=O)OC(C)(C)C)CC1. The van der Waals surface area contributed by atoms with Gasteiger partial charge in [0.25, 0.3) is 0 Å². The maximum absolute atomic E-state index is 12.0. The smallest absolute Gasteiger partial charge is 0.407 e. The van der Waals surface area contributed by atoms with Gasteiger partial charge in [-0.05, 0) is 79.8 Å². The van der Waals surface area contributed by atoms with Gasteiger partial charge in [0.1, 0.15) is 5.60 Å². The first-order valence-electron chi connectivity index (χ1n) is 9.24. The van der Waals surface area contributed by atoms with Crippen LogP contribution in [0.25, 0.3) is 0 Å². The number of nitrogens with one attached hydrogen (secondary N) is 2. The fourth-order valence-corrected chi connectivity index (χ4v) is 3.68. The zero-order valence-electron chi connectivity index (χ0n) is 15.5. The van der Waals surface area contributed by atoms with Crippen LogP contribution in [-0.2, 0) is 4.74 Å². The summed E-state index contributed by atoms with van der Waals surface area (Å²) < 4.78 is 5.39. The molecule has 1 saturated carbocycles. The van der Waals surface area contributed by atoms with Crippen molar-refractivity contribution in [3.8, 4) is 0 Å². The molecule has 0 aromatic heterocycles. The van der Waals surface area contributed by atoms with Crippen molar-refractivity contribution >= 4 is 6.09 Å². The molecule has 134 valence electrons. The molecule has 0 aromatic rings. The van der Waals surface area contributed by atoms with Crippen LogP contribution in [0.3, 0.4) is 0 Å². The number of alkyl carbamates (subject to hydrolysis) is 1. The summed E-state index contributed by atoms with van der Waals surface area (Å²) in [5, 5.41) is 6.87. The topological polar surface area (TPSA) is 53.6 Å². The zero-order valence-corrected chi connectivity index (χ0v) is 15.5. The van der Waals surface area contributed by atoms with E-state index >= 15 is 0 Å². The molecule has 2 N–H and O–H groups in total. The first-order chi connectivity index (χ1) is 10.7. The van der Waals surface area contributed by atoms with E-state index in [1.807, 2.05) is 20.8 Å². The average molecular weight is 325 g/mol. The summed E-state index contributed by atoms with van der Waals surface area (Å²) >= 11 is 0. The lowest BCUT2D eigenvalue weighted by Gasteiger charge is -2.37. The highest BCUT2D eigenvalue weighted by Gasteiger charge is 2.32. The lowest BCUT2D eigenvalue weighted by atomic mass is 10.0. The van der Waals surface area contributed by atoms with Crippen LogP contribution >= 0.6 is 0 Å². The van der Waals surface area contributed by atoms with E-state index in [2.05, 4.69) is 29.4 Å². The molecule has 2 atom stereocenters. The molecule has 0 bridgehead atoms. The lowest BCUT2D eigenvalue weighted by Crippen LogP contribution is -2.53. The van der Waals surface area contributed by atoms with Crippen LogP contribution in [0.4, 0.5) is 4.79 Å². The van der Waals surface area contributed by atoms with Gasteiger partial charge in [-0.25, -0.2) is 4.79 Å². The lowest BCUT2D eigenvalue weighted by molar-refractivity contribution is 0.0494. The molecular formula is C18H35N3O2. The van der Waals surface area contributed by atoms with Crippen molar-refractivity contribution < 1.29 is 9.53 Å². The number of nitrogens with zero attached hydrogens (tertiary/aromatic N) is 1. The molecule has 2 rings (SSSR count). The van der Waals surface area contributed by atoms with Crippen LogP contribution in [0.15, 0.2) is 0 Å². The summed E-state index contributed by atoms with van der Waals surface area (Å²) in [6.07, 6.45) is 5.47. The number of likely N-dealkylation sites (tertiary alicyclic amines) is 1. The minimum atomic E-state index is -0.435. The van der Waals surface area contributed by atoms with Gasteiger partial charge >= 0.3 is 6.09 Å². The van der Waals surface area contributed by atoms with Crippen molar-refractivity contribution in [1.82, 2.24) is 15.5 Å². The molecule has 0 aromatic carbocycles. The third-order valence-corrected chi connectivity index (χ3v) is 4.93. The Hall–Kier alpha value is -0.810. The Morgan fingerprint density at radius 1 is 1.09 bits per heavy atom. The molecular weight excluding hydrogens is 290 g/mol. The monoisotopic (exact) mass is 325 g/mol. The Balaban J connectivity index is 1.77. The summed E-state index contributed by atoms with van der Waals surface area (Å²) in [4.78, 5) is 14.5. The van der Waals surface area contributed by atoms with Gasteiger partial charge < -0.3 is 20.3 Å². The fourth-order valence-electron chi connectivity index (χ4n) is 3.68. The average Bonchev–Trinajstić information content (AvgIpc) is 2.84. The van der Waals surface area contributed by atoms with Gasteiger partial charge in [0.05, 0.1) is 0 Å². The van der Waals surface area contributed by atoms with Gasteiger partial charge in [0, 0.05) is 24.2 Å². The van der Waals surface area contributed by atoms with E-state index in [9.17, 15) is 4.79 Å². The van der Waals surface area contributed by atoms with Gasteiger partial charge in [-0.15, -0.1) is 0 Å². The number of amides is 1. The van der Waals surface area contributed by atoms with Crippen molar-refractivity contribution in [2.45, 2.75) is 96.5 Å². The summed E-state index contributed by atoms with van der Waals surface area (Å²) in [7, 11) is 0. The van der Waals surface area contributed by atoms with Crippen molar-refractivity contribution in [3.63, 3.8) is 0 Å². The Morgan fingerprint density at radius 3 is 2.26 bits per heavy atom. The Morgan fingerprint density at radius 2 is 1.70 bits per heavy atom. The molecule has 1 saturated heterocycles. The van der Waals surface area contributed by atoms with Crippen LogP contribution in [0.2, 0.25) is 0 Å². The number of hydrogen-bond donors (Lipinski definition) is 2. The van der Waals surface area contributed by atoms with Crippen molar-refractivity contribution in [2.24, 2.45) is 0 Å². The molecule has 0 radical (unpaired) electrons. The van der Waals surface area contributed by atoms with E-state index in [1.165, 1.54) is 32.4 Å². The van der Waals surface area contributed by atoms with E-state index in [0.717, 1.165) is 12.8 Å². The maximum atomic E-state index is 12.0. The number of carbonyl (C=O) groups excluding carboxylic acids is 1. The molecule has 5 nitrogen and oxygen atoms in total. The highest BCUT2D eigenvalue weighted by Crippen LogP contribution is 2.22. The van der Waals surface area contributed by atoms with Crippen LogP contribution in [0.5, 0.6) is 0 Å². The first-order valence-corrected chi connectivity index (χ1v) is 9.24. The summed E-state index contributed by atoms with van der Waals surface area (Å²) in [6, 6.07) is 1.81. The van der Waals surface area contributed by atoms with Gasteiger partial charge in [0.15, 0.2) is 0 Å².